The molecule has 2 aliphatic rings. The molecular formula is C19H26Cl2N2O2. The van der Waals surface area contributed by atoms with Gasteiger partial charge in [-0.3, -0.25) is 9.69 Å². The Balaban J connectivity index is 1.70. The highest BCUT2D eigenvalue weighted by atomic mass is 35.5. The molecule has 0 spiro atoms. The predicted molar refractivity (Wildman–Crippen MR) is 101 cm³/mol. The summed E-state index contributed by atoms with van der Waals surface area (Å²) in [5.74, 6) is 0.0571. The summed E-state index contributed by atoms with van der Waals surface area (Å²) >= 11 is 12.0. The van der Waals surface area contributed by atoms with Crippen molar-refractivity contribution < 1.29 is 9.90 Å². The van der Waals surface area contributed by atoms with Crippen molar-refractivity contribution in [3.05, 3.63) is 33.8 Å². The Labute approximate surface area is 159 Å². The highest BCUT2D eigenvalue weighted by Gasteiger charge is 2.38. The van der Waals surface area contributed by atoms with E-state index in [0.717, 1.165) is 31.5 Å². The Morgan fingerprint density at radius 2 is 1.96 bits per heavy atom. The number of likely N-dealkylation sites (N-methyl/N-ethyl adjacent to an activating group) is 1. The largest absolute Gasteiger partial charge is 0.393 e. The SMILES string of the molecule is CN(C(=O)Cc1ccc(Cl)c(Cl)c1)C1CC(O)CCC1N1CCCC1. The molecule has 3 unspecified atom stereocenters. The number of likely N-dealkylation sites (tertiary alicyclic amines) is 1. The second kappa shape index (κ2) is 8.26. The minimum absolute atomic E-state index is 0.0571. The Morgan fingerprint density at radius 3 is 2.64 bits per heavy atom. The van der Waals surface area contributed by atoms with E-state index in [0.29, 0.717) is 28.9 Å². The summed E-state index contributed by atoms with van der Waals surface area (Å²) in [5.41, 5.74) is 0.861. The van der Waals surface area contributed by atoms with Gasteiger partial charge in [-0.05, 0) is 62.9 Å². The third-order valence-electron chi connectivity index (χ3n) is 5.59. The van der Waals surface area contributed by atoms with Crippen molar-refractivity contribution >= 4 is 29.1 Å². The van der Waals surface area contributed by atoms with Crippen LogP contribution < -0.4 is 0 Å². The first kappa shape index (κ1) is 19.0. The van der Waals surface area contributed by atoms with Gasteiger partial charge in [-0.1, -0.05) is 29.3 Å². The lowest BCUT2D eigenvalue weighted by molar-refractivity contribution is -0.134. The lowest BCUT2D eigenvalue weighted by atomic mass is 9.86. The van der Waals surface area contributed by atoms with Crippen molar-refractivity contribution in [2.24, 2.45) is 0 Å². The van der Waals surface area contributed by atoms with Crippen LogP contribution in [0.2, 0.25) is 10.0 Å². The Morgan fingerprint density at radius 1 is 1.24 bits per heavy atom. The van der Waals surface area contributed by atoms with Crippen molar-refractivity contribution in [2.45, 2.75) is 56.7 Å². The van der Waals surface area contributed by atoms with Gasteiger partial charge in [0.15, 0.2) is 0 Å². The van der Waals surface area contributed by atoms with E-state index in [9.17, 15) is 9.90 Å². The van der Waals surface area contributed by atoms with E-state index in [1.54, 1.807) is 12.1 Å². The normalized spacial score (nSPS) is 27.4. The first-order valence-electron chi connectivity index (χ1n) is 9.07. The van der Waals surface area contributed by atoms with Crippen LogP contribution >= 0.6 is 23.2 Å². The summed E-state index contributed by atoms with van der Waals surface area (Å²) in [6.07, 6.45) is 4.88. The van der Waals surface area contributed by atoms with Gasteiger partial charge in [0.05, 0.1) is 22.6 Å². The average molecular weight is 385 g/mol. The van der Waals surface area contributed by atoms with Gasteiger partial charge in [0.2, 0.25) is 5.91 Å². The van der Waals surface area contributed by atoms with Crippen LogP contribution in [0.15, 0.2) is 18.2 Å². The second-order valence-electron chi connectivity index (χ2n) is 7.27. The van der Waals surface area contributed by atoms with Crippen molar-refractivity contribution in [3.8, 4) is 0 Å². The van der Waals surface area contributed by atoms with Crippen LogP contribution in [0.5, 0.6) is 0 Å². The predicted octanol–water partition coefficient (Wildman–Crippen LogP) is 3.37. The number of benzene rings is 1. The maximum atomic E-state index is 12.8. The van der Waals surface area contributed by atoms with Crippen molar-refractivity contribution in [3.63, 3.8) is 0 Å². The van der Waals surface area contributed by atoms with E-state index < -0.39 is 0 Å². The van der Waals surface area contributed by atoms with Crippen LogP contribution in [-0.2, 0) is 11.2 Å². The van der Waals surface area contributed by atoms with E-state index in [1.165, 1.54) is 12.8 Å². The average Bonchev–Trinajstić information content (AvgIpc) is 3.11. The van der Waals surface area contributed by atoms with Gasteiger partial charge in [0, 0.05) is 19.1 Å². The third kappa shape index (κ3) is 4.48. The first-order chi connectivity index (χ1) is 12.0. The number of nitrogens with zero attached hydrogens (tertiary/aromatic N) is 2. The lowest BCUT2D eigenvalue weighted by Crippen LogP contribution is -2.55. The number of rotatable bonds is 4. The second-order valence-corrected chi connectivity index (χ2v) is 8.09. The van der Waals surface area contributed by atoms with Gasteiger partial charge >= 0.3 is 0 Å². The zero-order valence-corrected chi connectivity index (χ0v) is 16.1. The minimum atomic E-state index is -0.316. The molecule has 0 bridgehead atoms. The number of carbonyl (C=O) groups excluding carboxylic acids is 1. The molecule has 1 aromatic carbocycles. The maximum Gasteiger partial charge on any atom is 0.227 e. The van der Waals surface area contributed by atoms with E-state index in [-0.39, 0.29) is 18.1 Å². The summed E-state index contributed by atoms with van der Waals surface area (Å²) in [4.78, 5) is 17.2. The maximum absolute atomic E-state index is 12.8. The molecule has 1 saturated carbocycles. The number of amides is 1. The summed E-state index contributed by atoms with van der Waals surface area (Å²) < 4.78 is 0. The minimum Gasteiger partial charge on any atom is -0.393 e. The van der Waals surface area contributed by atoms with Crippen molar-refractivity contribution in [1.29, 1.82) is 0 Å². The van der Waals surface area contributed by atoms with Gasteiger partial charge < -0.3 is 10.0 Å². The molecule has 1 aliphatic carbocycles. The standard InChI is InChI=1S/C19H26Cl2N2O2/c1-22(19(25)11-13-4-6-15(20)16(21)10-13)18-12-14(24)5-7-17(18)23-8-2-3-9-23/h4,6,10,14,17-18,24H,2-3,5,7-9,11-12H2,1H3. The fourth-order valence-corrected chi connectivity index (χ4v) is 4.48. The van der Waals surface area contributed by atoms with Gasteiger partial charge in [-0.2, -0.15) is 0 Å². The Kier molecular flexibility index (Phi) is 6.26. The smallest absolute Gasteiger partial charge is 0.227 e. The molecule has 1 heterocycles. The van der Waals surface area contributed by atoms with E-state index >= 15 is 0 Å². The van der Waals surface area contributed by atoms with Gasteiger partial charge in [0.25, 0.3) is 0 Å². The molecule has 2 fully saturated rings. The van der Waals surface area contributed by atoms with Crippen molar-refractivity contribution in [2.75, 3.05) is 20.1 Å². The molecule has 3 atom stereocenters. The number of hydrogen-bond donors (Lipinski definition) is 1. The van der Waals surface area contributed by atoms with Crippen LogP contribution in [0, 0.1) is 0 Å². The highest BCUT2D eigenvalue weighted by molar-refractivity contribution is 6.42. The fourth-order valence-electron chi connectivity index (χ4n) is 4.16. The molecule has 138 valence electrons. The molecule has 1 aliphatic heterocycles. The molecule has 1 amide bonds. The summed E-state index contributed by atoms with van der Waals surface area (Å²) in [5, 5.41) is 11.1. The number of aliphatic hydroxyl groups is 1. The van der Waals surface area contributed by atoms with Crippen LogP contribution in [-0.4, -0.2) is 59.1 Å². The van der Waals surface area contributed by atoms with E-state index in [4.69, 9.17) is 23.2 Å². The zero-order valence-electron chi connectivity index (χ0n) is 14.6. The molecule has 0 radical (unpaired) electrons. The number of carbonyl (C=O) groups is 1. The van der Waals surface area contributed by atoms with Crippen LogP contribution in [0.4, 0.5) is 0 Å². The van der Waals surface area contributed by atoms with E-state index in [2.05, 4.69) is 4.90 Å². The summed E-state index contributed by atoms with van der Waals surface area (Å²) in [6, 6.07) is 5.74. The number of halogens is 2. The molecule has 6 heteroatoms. The topological polar surface area (TPSA) is 43.8 Å². The Hall–Kier alpha value is -0.810. The first-order valence-corrected chi connectivity index (χ1v) is 9.83. The van der Waals surface area contributed by atoms with Crippen LogP contribution in [0.25, 0.3) is 0 Å². The lowest BCUT2D eigenvalue weighted by Gasteiger charge is -2.44. The number of aliphatic hydroxyl groups excluding tert-OH is 1. The van der Waals surface area contributed by atoms with Crippen LogP contribution in [0.3, 0.4) is 0 Å². The highest BCUT2D eigenvalue weighted by Crippen LogP contribution is 2.30. The van der Waals surface area contributed by atoms with Crippen LogP contribution in [0.1, 0.15) is 37.7 Å². The quantitative estimate of drug-likeness (QED) is 0.864. The molecule has 1 saturated heterocycles. The molecule has 3 rings (SSSR count). The molecule has 1 aromatic rings. The zero-order chi connectivity index (χ0) is 18.0. The van der Waals surface area contributed by atoms with Gasteiger partial charge in [0.1, 0.15) is 0 Å². The monoisotopic (exact) mass is 384 g/mol. The molecule has 1 N–H and O–H groups in total. The molecule has 4 nitrogen and oxygen atoms in total. The Bertz CT molecular complexity index is 619. The third-order valence-corrected chi connectivity index (χ3v) is 6.33. The summed E-state index contributed by atoms with van der Waals surface area (Å²) in [7, 11) is 1.87. The van der Waals surface area contributed by atoms with E-state index in [1.807, 2.05) is 18.0 Å². The molecule has 0 aromatic heterocycles. The van der Waals surface area contributed by atoms with Gasteiger partial charge in [-0.15, -0.1) is 0 Å². The molecule has 25 heavy (non-hydrogen) atoms. The fraction of sp³-hybridized carbons (Fsp3) is 0.632. The summed E-state index contributed by atoms with van der Waals surface area (Å²) in [6.45, 7) is 2.21. The molecular weight excluding hydrogens is 359 g/mol. The van der Waals surface area contributed by atoms with Crippen molar-refractivity contribution in [1.82, 2.24) is 9.80 Å². The van der Waals surface area contributed by atoms with Gasteiger partial charge in [-0.25, -0.2) is 0 Å². The number of hydrogen-bond acceptors (Lipinski definition) is 3.